The van der Waals surface area contributed by atoms with Gasteiger partial charge in [0.05, 0.1) is 5.69 Å². The van der Waals surface area contributed by atoms with Gasteiger partial charge in [0.2, 0.25) is 0 Å². The van der Waals surface area contributed by atoms with Gasteiger partial charge >= 0.3 is 0 Å². The Hall–Kier alpha value is -1.03. The summed E-state index contributed by atoms with van der Waals surface area (Å²) in [4.78, 5) is 2.31. The molecule has 4 heteroatoms. The average molecular weight is 252 g/mol. The fourth-order valence-electron chi connectivity index (χ4n) is 2.31. The molecule has 2 N–H and O–H groups in total. The monoisotopic (exact) mass is 252 g/mol. The molecular weight excluding hydrogens is 224 g/mol. The Morgan fingerprint density at radius 1 is 1.39 bits per heavy atom. The maximum atomic E-state index is 6.10. The molecule has 0 amide bonds. The summed E-state index contributed by atoms with van der Waals surface area (Å²) < 4.78 is 1.99. The van der Waals surface area contributed by atoms with Crippen LogP contribution < -0.4 is 10.6 Å². The van der Waals surface area contributed by atoms with E-state index in [1.807, 2.05) is 11.7 Å². The third-order valence-electron chi connectivity index (χ3n) is 3.51. The van der Waals surface area contributed by atoms with Gasteiger partial charge in [0.1, 0.15) is 5.82 Å². The van der Waals surface area contributed by atoms with Crippen molar-refractivity contribution in [2.24, 2.45) is 12.8 Å². The predicted molar refractivity (Wildman–Crippen MR) is 78.1 cm³/mol. The fourth-order valence-corrected chi connectivity index (χ4v) is 2.31. The van der Waals surface area contributed by atoms with Crippen molar-refractivity contribution >= 4 is 5.82 Å². The van der Waals surface area contributed by atoms with Gasteiger partial charge < -0.3 is 10.6 Å². The second kappa shape index (κ2) is 6.78. The SMILES string of the molecule is CCCCN(C)c1c(CC(N)CC)c(C)nn1C. The Balaban J connectivity index is 2.94. The first-order valence-corrected chi connectivity index (χ1v) is 7.00. The van der Waals surface area contributed by atoms with E-state index < -0.39 is 0 Å². The van der Waals surface area contributed by atoms with Gasteiger partial charge in [-0.1, -0.05) is 20.3 Å². The minimum Gasteiger partial charge on any atom is -0.360 e. The zero-order valence-electron chi connectivity index (χ0n) is 12.5. The van der Waals surface area contributed by atoms with Crippen molar-refractivity contribution in [2.75, 3.05) is 18.5 Å². The number of nitrogens with zero attached hydrogens (tertiary/aromatic N) is 3. The molecule has 1 heterocycles. The molecular formula is C14H28N4. The molecule has 1 atom stereocenters. The lowest BCUT2D eigenvalue weighted by Gasteiger charge is -2.21. The van der Waals surface area contributed by atoms with E-state index in [0.29, 0.717) is 0 Å². The van der Waals surface area contributed by atoms with Gasteiger partial charge in [0.25, 0.3) is 0 Å². The van der Waals surface area contributed by atoms with Gasteiger partial charge in [-0.3, -0.25) is 4.68 Å². The van der Waals surface area contributed by atoms with E-state index >= 15 is 0 Å². The van der Waals surface area contributed by atoms with Gasteiger partial charge in [0, 0.05) is 32.2 Å². The van der Waals surface area contributed by atoms with E-state index in [1.54, 1.807) is 0 Å². The van der Waals surface area contributed by atoms with E-state index in [-0.39, 0.29) is 6.04 Å². The summed E-state index contributed by atoms with van der Waals surface area (Å²) in [6, 6.07) is 0.228. The van der Waals surface area contributed by atoms with Crippen LogP contribution in [-0.4, -0.2) is 29.4 Å². The molecule has 104 valence electrons. The topological polar surface area (TPSA) is 47.1 Å². The summed E-state index contributed by atoms with van der Waals surface area (Å²) in [5.41, 5.74) is 8.52. The third-order valence-corrected chi connectivity index (χ3v) is 3.51. The molecule has 1 aromatic heterocycles. The molecule has 0 aliphatic rings. The molecule has 1 rings (SSSR count). The van der Waals surface area contributed by atoms with Crippen molar-refractivity contribution < 1.29 is 0 Å². The predicted octanol–water partition coefficient (Wildman–Crippen LogP) is 2.24. The third kappa shape index (κ3) is 3.48. The van der Waals surface area contributed by atoms with Crippen LogP contribution in [0, 0.1) is 6.92 Å². The quantitative estimate of drug-likeness (QED) is 0.809. The van der Waals surface area contributed by atoms with E-state index in [4.69, 9.17) is 5.73 Å². The van der Waals surface area contributed by atoms with E-state index in [9.17, 15) is 0 Å². The number of nitrogens with two attached hydrogens (primary N) is 1. The van der Waals surface area contributed by atoms with Crippen LogP contribution >= 0.6 is 0 Å². The molecule has 0 saturated heterocycles. The number of rotatable bonds is 7. The number of unbranched alkanes of at least 4 members (excludes halogenated alkanes) is 1. The maximum Gasteiger partial charge on any atom is 0.129 e. The molecule has 0 aliphatic heterocycles. The molecule has 1 aromatic rings. The molecule has 1 unspecified atom stereocenters. The lowest BCUT2D eigenvalue weighted by molar-refractivity contribution is 0.641. The van der Waals surface area contributed by atoms with Crippen LogP contribution in [0.2, 0.25) is 0 Å². The molecule has 0 saturated carbocycles. The highest BCUT2D eigenvalue weighted by molar-refractivity contribution is 5.50. The minimum atomic E-state index is 0.228. The van der Waals surface area contributed by atoms with Gasteiger partial charge in [0.15, 0.2) is 0 Å². The van der Waals surface area contributed by atoms with Gasteiger partial charge in [-0.2, -0.15) is 5.10 Å². The molecule has 18 heavy (non-hydrogen) atoms. The standard InChI is InChI=1S/C14H28N4/c1-6-8-9-17(4)14-13(10-12(15)7-2)11(3)16-18(14)5/h12H,6-10,15H2,1-5H3. The smallest absolute Gasteiger partial charge is 0.129 e. The van der Waals surface area contributed by atoms with Crippen molar-refractivity contribution in [1.29, 1.82) is 0 Å². The van der Waals surface area contributed by atoms with Crippen molar-refractivity contribution in [3.05, 3.63) is 11.3 Å². The van der Waals surface area contributed by atoms with Crippen molar-refractivity contribution in [1.82, 2.24) is 9.78 Å². The largest absolute Gasteiger partial charge is 0.360 e. The Bertz CT molecular complexity index is 370. The summed E-state index contributed by atoms with van der Waals surface area (Å²) in [6.45, 7) is 7.51. The summed E-state index contributed by atoms with van der Waals surface area (Å²) in [5.74, 6) is 1.23. The average Bonchev–Trinajstić information content (AvgIpc) is 2.61. The van der Waals surface area contributed by atoms with E-state index in [2.05, 4.69) is 37.8 Å². The second-order valence-corrected chi connectivity index (χ2v) is 5.16. The number of hydrogen-bond donors (Lipinski definition) is 1. The fraction of sp³-hybridized carbons (Fsp3) is 0.786. The Labute approximate surface area is 111 Å². The van der Waals surface area contributed by atoms with E-state index in [1.165, 1.54) is 24.2 Å². The highest BCUT2D eigenvalue weighted by Crippen LogP contribution is 2.24. The van der Waals surface area contributed by atoms with Crippen molar-refractivity contribution in [3.8, 4) is 0 Å². The minimum absolute atomic E-state index is 0.228. The van der Waals surface area contributed by atoms with Gasteiger partial charge in [-0.05, 0) is 26.2 Å². The lowest BCUT2D eigenvalue weighted by Crippen LogP contribution is -2.26. The normalized spacial score (nSPS) is 12.8. The summed E-state index contributed by atoms with van der Waals surface area (Å²) in [5, 5.41) is 4.55. The molecule has 0 bridgehead atoms. The van der Waals surface area contributed by atoms with Crippen LogP contribution in [0.15, 0.2) is 0 Å². The Kier molecular flexibility index (Phi) is 5.66. The molecule has 4 nitrogen and oxygen atoms in total. The first-order chi connectivity index (χ1) is 8.51. The van der Waals surface area contributed by atoms with Gasteiger partial charge in [-0.25, -0.2) is 0 Å². The van der Waals surface area contributed by atoms with E-state index in [0.717, 1.165) is 25.1 Å². The summed E-state index contributed by atoms with van der Waals surface area (Å²) in [6.07, 6.45) is 4.35. The molecule has 0 aromatic carbocycles. The Morgan fingerprint density at radius 2 is 2.06 bits per heavy atom. The molecule has 0 radical (unpaired) electrons. The Morgan fingerprint density at radius 3 is 2.61 bits per heavy atom. The zero-order chi connectivity index (χ0) is 13.7. The number of aromatic nitrogens is 2. The highest BCUT2D eigenvalue weighted by atomic mass is 15.4. The zero-order valence-corrected chi connectivity index (χ0v) is 12.5. The highest BCUT2D eigenvalue weighted by Gasteiger charge is 2.18. The van der Waals surface area contributed by atoms with Crippen molar-refractivity contribution in [2.45, 2.75) is 52.5 Å². The maximum absolute atomic E-state index is 6.10. The molecule has 0 aliphatic carbocycles. The summed E-state index contributed by atoms with van der Waals surface area (Å²) >= 11 is 0. The van der Waals surface area contributed by atoms with Crippen LogP contribution in [0.1, 0.15) is 44.4 Å². The van der Waals surface area contributed by atoms with Crippen molar-refractivity contribution in [3.63, 3.8) is 0 Å². The molecule has 0 fully saturated rings. The van der Waals surface area contributed by atoms with Crippen LogP contribution in [0.4, 0.5) is 5.82 Å². The summed E-state index contributed by atoms with van der Waals surface area (Å²) in [7, 11) is 4.17. The van der Waals surface area contributed by atoms with Crippen LogP contribution in [-0.2, 0) is 13.5 Å². The van der Waals surface area contributed by atoms with Gasteiger partial charge in [-0.15, -0.1) is 0 Å². The molecule has 0 spiro atoms. The first-order valence-electron chi connectivity index (χ1n) is 7.00. The van der Waals surface area contributed by atoms with Crippen LogP contribution in [0.3, 0.4) is 0 Å². The lowest BCUT2D eigenvalue weighted by atomic mass is 10.0. The van der Waals surface area contributed by atoms with Crippen LogP contribution in [0.25, 0.3) is 0 Å². The second-order valence-electron chi connectivity index (χ2n) is 5.16. The van der Waals surface area contributed by atoms with Crippen LogP contribution in [0.5, 0.6) is 0 Å². The first kappa shape index (κ1) is 15.0. The number of aryl methyl sites for hydroxylation is 2. The number of hydrogen-bond acceptors (Lipinski definition) is 3. The number of anilines is 1.